The molecule has 0 radical (unpaired) electrons. The third-order valence-corrected chi connectivity index (χ3v) is 3.22. The van der Waals surface area contributed by atoms with Crippen molar-refractivity contribution in [2.45, 2.75) is 27.7 Å². The van der Waals surface area contributed by atoms with E-state index in [2.05, 4.69) is 0 Å². The molecule has 0 heterocycles. The molecule has 0 aromatic heterocycles. The summed E-state index contributed by atoms with van der Waals surface area (Å²) in [5.74, 6) is 0.348. The highest BCUT2D eigenvalue weighted by molar-refractivity contribution is 5.81. The molecule has 1 aromatic carbocycles. The predicted molar refractivity (Wildman–Crippen MR) is 93.9 cm³/mol. The van der Waals surface area contributed by atoms with E-state index >= 15 is 0 Å². The smallest absolute Gasteiger partial charge is 0.344 e. The Bertz CT molecular complexity index is 593. The first kappa shape index (κ1) is 20.5. The minimum atomic E-state index is -0.605. The first-order valence-corrected chi connectivity index (χ1v) is 8.38. The van der Waals surface area contributed by atoms with Crippen LogP contribution in [0.4, 0.5) is 0 Å². The van der Waals surface area contributed by atoms with Crippen LogP contribution in [0, 0.1) is 23.2 Å². The zero-order valence-corrected chi connectivity index (χ0v) is 15.3. The third kappa shape index (κ3) is 8.20. The molecule has 0 atom stereocenters. The van der Waals surface area contributed by atoms with Crippen molar-refractivity contribution in [3.63, 3.8) is 0 Å². The maximum Gasteiger partial charge on any atom is 0.344 e. The highest BCUT2D eigenvalue weighted by Crippen LogP contribution is 2.11. The summed E-state index contributed by atoms with van der Waals surface area (Å²) < 4.78 is 10.3. The van der Waals surface area contributed by atoms with Crippen LogP contribution in [-0.4, -0.2) is 43.1 Å². The van der Waals surface area contributed by atoms with Crippen molar-refractivity contribution in [2.24, 2.45) is 11.8 Å². The van der Waals surface area contributed by atoms with Gasteiger partial charge in [0.1, 0.15) is 5.75 Å². The van der Waals surface area contributed by atoms with Crippen LogP contribution in [0.3, 0.4) is 0 Å². The molecule has 0 spiro atoms. The van der Waals surface area contributed by atoms with E-state index in [1.807, 2.05) is 33.8 Å². The number of carbonyl (C=O) groups is 2. The lowest BCUT2D eigenvalue weighted by atomic mass is 10.1. The van der Waals surface area contributed by atoms with Gasteiger partial charge >= 0.3 is 5.97 Å². The zero-order chi connectivity index (χ0) is 18.8. The zero-order valence-electron chi connectivity index (χ0n) is 15.3. The Morgan fingerprint density at radius 2 is 1.60 bits per heavy atom. The number of nitriles is 1. The van der Waals surface area contributed by atoms with E-state index in [-0.39, 0.29) is 19.1 Å². The van der Waals surface area contributed by atoms with Crippen LogP contribution in [0.15, 0.2) is 24.3 Å². The van der Waals surface area contributed by atoms with E-state index in [1.165, 1.54) is 0 Å². The van der Waals surface area contributed by atoms with E-state index in [4.69, 9.17) is 14.7 Å². The number of carbonyl (C=O) groups excluding carboxylic acids is 2. The topological polar surface area (TPSA) is 79.6 Å². The van der Waals surface area contributed by atoms with Crippen molar-refractivity contribution in [1.29, 1.82) is 5.26 Å². The quantitative estimate of drug-likeness (QED) is 0.642. The summed E-state index contributed by atoms with van der Waals surface area (Å²) >= 11 is 0. The van der Waals surface area contributed by atoms with Gasteiger partial charge in [-0.1, -0.05) is 27.7 Å². The summed E-state index contributed by atoms with van der Waals surface area (Å²) in [7, 11) is 0. The molecule has 1 amide bonds. The first-order chi connectivity index (χ1) is 11.8. The molecular weight excluding hydrogens is 320 g/mol. The van der Waals surface area contributed by atoms with Crippen molar-refractivity contribution in [3.05, 3.63) is 29.8 Å². The molecule has 0 N–H and O–H groups in total. The molecule has 0 saturated carbocycles. The summed E-state index contributed by atoms with van der Waals surface area (Å²) in [6.45, 7) is 8.86. The molecule has 0 aliphatic heterocycles. The van der Waals surface area contributed by atoms with Crippen LogP contribution in [0.2, 0.25) is 0 Å². The summed E-state index contributed by atoms with van der Waals surface area (Å²) in [6, 6.07) is 8.40. The van der Waals surface area contributed by atoms with Crippen LogP contribution in [0.1, 0.15) is 33.3 Å². The first-order valence-electron chi connectivity index (χ1n) is 8.38. The minimum absolute atomic E-state index is 0.200. The number of ether oxygens (including phenoxy) is 2. The second kappa shape index (κ2) is 10.3. The fourth-order valence-corrected chi connectivity index (χ4v) is 2.20. The molecule has 0 aliphatic carbocycles. The van der Waals surface area contributed by atoms with Gasteiger partial charge in [0.15, 0.2) is 13.2 Å². The van der Waals surface area contributed by atoms with E-state index in [0.29, 0.717) is 36.2 Å². The monoisotopic (exact) mass is 346 g/mol. The lowest BCUT2D eigenvalue weighted by molar-refractivity contribution is -0.154. The average molecular weight is 346 g/mol. The van der Waals surface area contributed by atoms with Crippen LogP contribution in [-0.2, 0) is 14.3 Å². The highest BCUT2D eigenvalue weighted by atomic mass is 16.6. The summed E-state index contributed by atoms with van der Waals surface area (Å²) in [5, 5.41) is 8.72. The number of hydrogen-bond acceptors (Lipinski definition) is 5. The van der Waals surface area contributed by atoms with Gasteiger partial charge in [-0.05, 0) is 36.1 Å². The Morgan fingerprint density at radius 3 is 2.08 bits per heavy atom. The Hall–Kier alpha value is -2.55. The maximum atomic E-state index is 12.2. The molecule has 6 heteroatoms. The van der Waals surface area contributed by atoms with E-state index in [1.54, 1.807) is 29.2 Å². The van der Waals surface area contributed by atoms with Gasteiger partial charge in [-0.3, -0.25) is 4.79 Å². The third-order valence-electron chi connectivity index (χ3n) is 3.22. The van der Waals surface area contributed by atoms with Crippen molar-refractivity contribution in [1.82, 2.24) is 4.90 Å². The molecule has 0 saturated heterocycles. The molecule has 0 fully saturated rings. The Kier molecular flexibility index (Phi) is 8.48. The van der Waals surface area contributed by atoms with Gasteiger partial charge in [-0.15, -0.1) is 0 Å². The van der Waals surface area contributed by atoms with E-state index in [9.17, 15) is 9.59 Å². The molecule has 1 rings (SSSR count). The maximum absolute atomic E-state index is 12.2. The van der Waals surface area contributed by atoms with Crippen molar-refractivity contribution >= 4 is 11.9 Å². The summed E-state index contributed by atoms with van der Waals surface area (Å²) in [5.41, 5.74) is 0.510. The number of rotatable bonds is 9. The average Bonchev–Trinajstić information content (AvgIpc) is 2.56. The van der Waals surface area contributed by atoms with Gasteiger partial charge in [0.25, 0.3) is 5.91 Å². The normalized spacial score (nSPS) is 10.4. The lowest BCUT2D eigenvalue weighted by Gasteiger charge is -2.26. The van der Waals surface area contributed by atoms with Crippen molar-refractivity contribution < 1.29 is 19.1 Å². The van der Waals surface area contributed by atoms with Crippen LogP contribution < -0.4 is 4.74 Å². The van der Waals surface area contributed by atoms with Gasteiger partial charge in [-0.2, -0.15) is 5.26 Å². The lowest BCUT2D eigenvalue weighted by Crippen LogP contribution is -2.39. The standard InChI is InChI=1S/C19H26N2O4/c1-14(2)10-21(11-15(3)4)18(22)12-25-19(23)13-24-17-7-5-16(9-20)6-8-17/h5-8,14-15H,10-13H2,1-4H3. The van der Waals surface area contributed by atoms with Gasteiger partial charge in [0, 0.05) is 13.1 Å². The van der Waals surface area contributed by atoms with E-state index in [0.717, 1.165) is 0 Å². The van der Waals surface area contributed by atoms with Crippen LogP contribution >= 0.6 is 0 Å². The minimum Gasteiger partial charge on any atom is -0.482 e. The second-order valence-corrected chi connectivity index (χ2v) is 6.67. The molecule has 1 aromatic rings. The molecule has 0 aliphatic rings. The fraction of sp³-hybridized carbons (Fsp3) is 0.526. The Balaban J connectivity index is 2.42. The van der Waals surface area contributed by atoms with Crippen molar-refractivity contribution in [3.8, 4) is 11.8 Å². The highest BCUT2D eigenvalue weighted by Gasteiger charge is 2.18. The largest absolute Gasteiger partial charge is 0.482 e. The second-order valence-electron chi connectivity index (χ2n) is 6.67. The van der Waals surface area contributed by atoms with Gasteiger partial charge in [-0.25, -0.2) is 4.79 Å². The number of nitrogens with zero attached hydrogens (tertiary/aromatic N) is 2. The Morgan fingerprint density at radius 1 is 1.04 bits per heavy atom. The Labute approximate surface area is 149 Å². The molecule has 0 bridgehead atoms. The number of amides is 1. The number of hydrogen-bond donors (Lipinski definition) is 0. The van der Waals surface area contributed by atoms with Crippen LogP contribution in [0.5, 0.6) is 5.75 Å². The predicted octanol–water partition coefficient (Wildman–Crippen LogP) is 2.62. The summed E-state index contributed by atoms with van der Waals surface area (Å²) in [4.78, 5) is 25.7. The van der Waals surface area contributed by atoms with Gasteiger partial charge < -0.3 is 14.4 Å². The van der Waals surface area contributed by atoms with E-state index < -0.39 is 5.97 Å². The van der Waals surface area contributed by atoms with Gasteiger partial charge in [0.05, 0.1) is 11.6 Å². The van der Waals surface area contributed by atoms with Crippen molar-refractivity contribution in [2.75, 3.05) is 26.3 Å². The number of esters is 1. The fourth-order valence-electron chi connectivity index (χ4n) is 2.20. The molecule has 136 valence electrons. The SMILES string of the molecule is CC(C)CN(CC(C)C)C(=O)COC(=O)COc1ccc(C#N)cc1. The van der Waals surface area contributed by atoms with Crippen LogP contribution in [0.25, 0.3) is 0 Å². The molecular formula is C19H26N2O4. The molecule has 25 heavy (non-hydrogen) atoms. The molecule has 0 unspecified atom stereocenters. The summed E-state index contributed by atoms with van der Waals surface area (Å²) in [6.07, 6.45) is 0. The molecule has 6 nitrogen and oxygen atoms in total. The number of benzene rings is 1. The van der Waals surface area contributed by atoms with Gasteiger partial charge in [0.2, 0.25) is 0 Å².